The number of hydrogen-bond donors (Lipinski definition) is 3. The molecule has 1 aromatic carbocycles. The Balaban J connectivity index is 2.51. The normalized spacial score (nSPS) is 9.95. The minimum Gasteiger partial charge on any atom is -0.479 e. The van der Waals surface area contributed by atoms with Crippen LogP contribution in [0.2, 0.25) is 0 Å². The van der Waals surface area contributed by atoms with Crippen LogP contribution >= 0.6 is 0 Å². The summed E-state index contributed by atoms with van der Waals surface area (Å²) in [6.07, 6.45) is 0.656. The zero-order valence-corrected chi connectivity index (χ0v) is 10.5. The van der Waals surface area contributed by atoms with Crippen LogP contribution in [0.5, 0.6) is 0 Å². The summed E-state index contributed by atoms with van der Waals surface area (Å²) in [5.41, 5.74) is 3.52. The van der Waals surface area contributed by atoms with Gasteiger partial charge in [0.1, 0.15) is 0 Å². The van der Waals surface area contributed by atoms with Gasteiger partial charge in [-0.15, -0.1) is 0 Å². The molecule has 0 aliphatic carbocycles. The highest BCUT2D eigenvalue weighted by atomic mass is 16.7. The van der Waals surface area contributed by atoms with Crippen molar-refractivity contribution in [1.82, 2.24) is 5.48 Å². The zero-order chi connectivity index (χ0) is 14.1. The molecule has 0 atom stereocenters. The number of carboxylic acids is 1. The number of carboxylic acid groups (broad SMARTS) is 1. The van der Waals surface area contributed by atoms with Crippen molar-refractivity contribution >= 4 is 17.7 Å². The number of carbonyl (C=O) groups is 2. The van der Waals surface area contributed by atoms with Gasteiger partial charge in [-0.2, -0.15) is 0 Å². The molecule has 0 aliphatic heterocycles. The van der Waals surface area contributed by atoms with Crippen LogP contribution in [0.15, 0.2) is 24.3 Å². The third kappa shape index (κ3) is 5.84. The van der Waals surface area contributed by atoms with Gasteiger partial charge < -0.3 is 15.2 Å². The first kappa shape index (κ1) is 14.9. The summed E-state index contributed by atoms with van der Waals surface area (Å²) in [4.78, 5) is 26.1. The van der Waals surface area contributed by atoms with Gasteiger partial charge in [0, 0.05) is 12.8 Å². The Morgan fingerprint density at radius 1 is 1.32 bits per heavy atom. The summed E-state index contributed by atoms with van der Waals surface area (Å²) in [5, 5.41) is 10.9. The summed E-state index contributed by atoms with van der Waals surface area (Å²) in [7, 11) is 1.60. The maximum atomic E-state index is 11.4. The number of urea groups is 1. The van der Waals surface area contributed by atoms with Crippen LogP contribution in [-0.4, -0.2) is 37.4 Å². The first-order valence-electron chi connectivity index (χ1n) is 5.61. The number of hydroxylamine groups is 1. The van der Waals surface area contributed by atoms with E-state index < -0.39 is 18.6 Å². The van der Waals surface area contributed by atoms with E-state index in [2.05, 4.69) is 10.2 Å². The van der Waals surface area contributed by atoms with Crippen LogP contribution in [0.25, 0.3) is 0 Å². The van der Waals surface area contributed by atoms with Gasteiger partial charge in [-0.05, 0) is 18.1 Å². The number of rotatable bonds is 7. The molecular weight excluding hydrogens is 252 g/mol. The third-order valence-corrected chi connectivity index (χ3v) is 2.20. The SMILES string of the molecule is COCCc1ccccc1NC(=O)NOCC(=O)O. The number of hydrogen-bond acceptors (Lipinski definition) is 4. The van der Waals surface area contributed by atoms with Gasteiger partial charge in [-0.1, -0.05) is 18.2 Å². The quantitative estimate of drug-likeness (QED) is 0.641. The molecule has 0 aliphatic rings. The molecule has 0 fully saturated rings. The number of ether oxygens (including phenoxy) is 1. The summed E-state index contributed by atoms with van der Waals surface area (Å²) in [5.74, 6) is -1.17. The predicted molar refractivity (Wildman–Crippen MR) is 67.8 cm³/mol. The van der Waals surface area contributed by atoms with Gasteiger partial charge in [0.25, 0.3) is 0 Å². The van der Waals surface area contributed by atoms with Crippen molar-refractivity contribution in [3.05, 3.63) is 29.8 Å². The molecule has 0 aromatic heterocycles. The number of benzene rings is 1. The van der Waals surface area contributed by atoms with Crippen LogP contribution < -0.4 is 10.8 Å². The van der Waals surface area contributed by atoms with Crippen molar-refractivity contribution < 1.29 is 24.3 Å². The van der Waals surface area contributed by atoms with E-state index in [1.807, 2.05) is 17.6 Å². The minimum absolute atomic E-state index is 0.538. The molecule has 0 saturated carbocycles. The van der Waals surface area contributed by atoms with Gasteiger partial charge in [0.05, 0.1) is 6.61 Å². The van der Waals surface area contributed by atoms with Gasteiger partial charge in [-0.25, -0.2) is 15.1 Å². The Kier molecular flexibility index (Phi) is 6.34. The highest BCUT2D eigenvalue weighted by molar-refractivity contribution is 5.89. The molecule has 2 amide bonds. The standard InChI is InChI=1S/C12H16N2O5/c1-18-7-6-9-4-2-3-5-10(9)13-12(17)14-19-8-11(15)16/h2-5H,6-8H2,1H3,(H,15,16)(H2,13,14,17). The van der Waals surface area contributed by atoms with E-state index in [-0.39, 0.29) is 0 Å². The summed E-state index contributed by atoms with van der Waals surface area (Å²) < 4.78 is 4.98. The van der Waals surface area contributed by atoms with Gasteiger partial charge in [0.2, 0.25) is 0 Å². The largest absolute Gasteiger partial charge is 0.479 e. The number of amides is 2. The second-order valence-corrected chi connectivity index (χ2v) is 3.64. The molecule has 0 radical (unpaired) electrons. The van der Waals surface area contributed by atoms with Gasteiger partial charge in [0.15, 0.2) is 6.61 Å². The van der Waals surface area contributed by atoms with Crippen LogP contribution in [0, 0.1) is 0 Å². The van der Waals surface area contributed by atoms with Crippen LogP contribution in [0.4, 0.5) is 10.5 Å². The second-order valence-electron chi connectivity index (χ2n) is 3.64. The molecule has 0 heterocycles. The fraction of sp³-hybridized carbons (Fsp3) is 0.333. The number of anilines is 1. The Morgan fingerprint density at radius 3 is 2.74 bits per heavy atom. The summed E-state index contributed by atoms with van der Waals surface area (Å²) in [6.45, 7) is -0.0609. The lowest BCUT2D eigenvalue weighted by Crippen LogP contribution is -2.31. The maximum Gasteiger partial charge on any atom is 0.343 e. The zero-order valence-electron chi connectivity index (χ0n) is 10.5. The highest BCUT2D eigenvalue weighted by Crippen LogP contribution is 2.15. The fourth-order valence-electron chi connectivity index (χ4n) is 1.38. The molecule has 19 heavy (non-hydrogen) atoms. The molecule has 3 N–H and O–H groups in total. The Morgan fingerprint density at radius 2 is 2.05 bits per heavy atom. The lowest BCUT2D eigenvalue weighted by molar-refractivity contribution is -0.143. The van der Waals surface area contributed by atoms with Gasteiger partial charge >= 0.3 is 12.0 Å². The summed E-state index contributed by atoms with van der Waals surface area (Å²) in [6, 6.07) is 6.61. The Hall–Kier alpha value is -2.12. The van der Waals surface area contributed by atoms with E-state index in [0.717, 1.165) is 5.56 Å². The van der Waals surface area contributed by atoms with Crippen LogP contribution in [0.1, 0.15) is 5.56 Å². The molecule has 0 bridgehead atoms. The monoisotopic (exact) mass is 268 g/mol. The van der Waals surface area contributed by atoms with Crippen molar-refractivity contribution in [3.63, 3.8) is 0 Å². The average Bonchev–Trinajstić information content (AvgIpc) is 2.37. The average molecular weight is 268 g/mol. The van der Waals surface area contributed by atoms with Crippen molar-refractivity contribution in [2.75, 3.05) is 25.6 Å². The number of nitrogens with one attached hydrogen (secondary N) is 2. The van der Waals surface area contributed by atoms with Crippen molar-refractivity contribution in [2.24, 2.45) is 0 Å². The highest BCUT2D eigenvalue weighted by Gasteiger charge is 2.06. The third-order valence-electron chi connectivity index (χ3n) is 2.20. The smallest absolute Gasteiger partial charge is 0.343 e. The van der Waals surface area contributed by atoms with Crippen LogP contribution in [0.3, 0.4) is 0 Å². The summed E-state index contributed by atoms with van der Waals surface area (Å²) >= 11 is 0. The number of methoxy groups -OCH3 is 1. The lowest BCUT2D eigenvalue weighted by Gasteiger charge is -2.11. The van der Waals surface area contributed by atoms with Crippen molar-refractivity contribution in [2.45, 2.75) is 6.42 Å². The first-order valence-corrected chi connectivity index (χ1v) is 5.61. The molecule has 0 saturated heterocycles. The Labute approximate surface area is 110 Å². The molecule has 1 aromatic rings. The predicted octanol–water partition coefficient (Wildman–Crippen LogP) is 1.01. The molecule has 1 rings (SSSR count). The molecular formula is C12H16N2O5. The van der Waals surface area contributed by atoms with E-state index >= 15 is 0 Å². The molecule has 7 heteroatoms. The number of para-hydroxylation sites is 1. The molecule has 104 valence electrons. The van der Waals surface area contributed by atoms with Crippen LogP contribution in [-0.2, 0) is 20.8 Å². The topological polar surface area (TPSA) is 96.9 Å². The van der Waals surface area contributed by atoms with E-state index in [4.69, 9.17) is 9.84 Å². The van der Waals surface area contributed by atoms with Gasteiger partial charge in [-0.3, -0.25) is 4.84 Å². The van der Waals surface area contributed by atoms with Crippen molar-refractivity contribution in [1.29, 1.82) is 0 Å². The van der Waals surface area contributed by atoms with E-state index in [9.17, 15) is 9.59 Å². The number of carbonyl (C=O) groups excluding carboxylic acids is 1. The number of aliphatic carboxylic acids is 1. The maximum absolute atomic E-state index is 11.4. The molecule has 0 unspecified atom stereocenters. The second kappa shape index (κ2) is 8.06. The molecule has 0 spiro atoms. The Bertz CT molecular complexity index is 436. The van der Waals surface area contributed by atoms with E-state index in [1.165, 1.54) is 0 Å². The minimum atomic E-state index is -1.17. The first-order chi connectivity index (χ1) is 9.13. The fourth-order valence-corrected chi connectivity index (χ4v) is 1.38. The lowest BCUT2D eigenvalue weighted by atomic mass is 10.1. The van der Waals surface area contributed by atoms with E-state index in [0.29, 0.717) is 18.7 Å². The molecule has 7 nitrogen and oxygen atoms in total. The van der Waals surface area contributed by atoms with Crippen molar-refractivity contribution in [3.8, 4) is 0 Å². The van der Waals surface area contributed by atoms with E-state index in [1.54, 1.807) is 19.2 Å².